The average molecular weight is 217 g/mol. The van der Waals surface area contributed by atoms with Gasteiger partial charge in [-0.25, -0.2) is 0 Å². The second-order valence-electron chi connectivity index (χ2n) is 3.13. The maximum absolute atomic E-state index is 10.5. The molecular weight excluding hydrogens is 206 g/mol. The van der Waals surface area contributed by atoms with Crippen molar-refractivity contribution in [3.63, 3.8) is 0 Å². The van der Waals surface area contributed by atoms with Crippen LogP contribution in [0.3, 0.4) is 0 Å². The first-order chi connectivity index (χ1) is 7.72. The Bertz CT molecular complexity index is 448. The summed E-state index contributed by atoms with van der Waals surface area (Å²) < 4.78 is 0. The zero-order valence-corrected chi connectivity index (χ0v) is 8.58. The smallest absolute Gasteiger partial charge is 0.307 e. The van der Waals surface area contributed by atoms with Gasteiger partial charge in [-0.3, -0.25) is 4.79 Å². The Labute approximate surface area is 92.7 Å². The number of carboxylic acids is 1. The van der Waals surface area contributed by atoms with Gasteiger partial charge in [-0.05, 0) is 16.7 Å². The molecule has 0 aliphatic rings. The van der Waals surface area contributed by atoms with Gasteiger partial charge < -0.3 is 5.11 Å². The number of aliphatic carboxylic acids is 1. The summed E-state index contributed by atoms with van der Waals surface area (Å²) >= 11 is 0. The third kappa shape index (κ3) is 4.30. The summed E-state index contributed by atoms with van der Waals surface area (Å²) in [6.07, 6.45) is 3.53. The Morgan fingerprint density at radius 3 is 3.06 bits per heavy atom. The number of hydrogen-bond donors (Lipinski definition) is 1. The maximum atomic E-state index is 10.5. The Morgan fingerprint density at radius 1 is 1.56 bits per heavy atom. The van der Waals surface area contributed by atoms with Crippen molar-refractivity contribution in [1.29, 1.82) is 0 Å². The molecule has 16 heavy (non-hydrogen) atoms. The first-order valence-corrected chi connectivity index (χ1v) is 4.70. The molecule has 0 unspecified atom stereocenters. The van der Waals surface area contributed by atoms with Crippen LogP contribution in [0.15, 0.2) is 35.5 Å². The number of carbonyl (C=O) groups is 1. The van der Waals surface area contributed by atoms with Crippen LogP contribution in [-0.4, -0.2) is 17.6 Å². The maximum Gasteiger partial charge on any atom is 0.307 e. The molecule has 5 heteroatoms. The number of rotatable bonds is 5. The Balaban J connectivity index is 2.70. The minimum absolute atomic E-state index is 0.0119. The summed E-state index contributed by atoms with van der Waals surface area (Å²) in [5, 5.41) is 12.0. The lowest BCUT2D eigenvalue weighted by atomic mass is 10.1. The molecule has 0 saturated heterocycles. The molecule has 5 nitrogen and oxygen atoms in total. The van der Waals surface area contributed by atoms with Gasteiger partial charge in [0.25, 0.3) is 0 Å². The number of nitrogens with zero attached hydrogens (tertiary/aromatic N) is 3. The van der Waals surface area contributed by atoms with Crippen LogP contribution >= 0.6 is 0 Å². The summed E-state index contributed by atoms with van der Waals surface area (Å²) in [7, 11) is 0. The van der Waals surface area contributed by atoms with E-state index in [0.29, 0.717) is 6.54 Å². The van der Waals surface area contributed by atoms with Crippen molar-refractivity contribution in [2.24, 2.45) is 5.11 Å². The predicted octanol–water partition coefficient (Wildman–Crippen LogP) is 2.64. The highest BCUT2D eigenvalue weighted by Crippen LogP contribution is 2.07. The molecule has 0 heterocycles. The number of azide groups is 1. The summed E-state index contributed by atoms with van der Waals surface area (Å²) in [5.41, 5.74) is 9.71. The van der Waals surface area contributed by atoms with Crippen molar-refractivity contribution in [2.75, 3.05) is 6.54 Å². The van der Waals surface area contributed by atoms with Crippen LogP contribution < -0.4 is 0 Å². The molecule has 0 bridgehead atoms. The van der Waals surface area contributed by atoms with E-state index in [1.165, 1.54) is 0 Å². The Morgan fingerprint density at radius 2 is 2.38 bits per heavy atom. The molecule has 82 valence electrons. The van der Waals surface area contributed by atoms with E-state index >= 15 is 0 Å². The van der Waals surface area contributed by atoms with Gasteiger partial charge in [0.15, 0.2) is 0 Å². The van der Waals surface area contributed by atoms with Gasteiger partial charge in [-0.15, -0.1) is 0 Å². The Hall–Kier alpha value is -2.26. The van der Waals surface area contributed by atoms with Gasteiger partial charge in [-0.1, -0.05) is 41.5 Å². The summed E-state index contributed by atoms with van der Waals surface area (Å²) in [5.74, 6) is -0.852. The normalized spacial score (nSPS) is 10.0. The SMILES string of the molecule is [N-]=[N+]=NCC=Cc1cccc(CC(=O)O)c1. The minimum atomic E-state index is -0.852. The Kier molecular flexibility index (Phi) is 4.63. The van der Waals surface area contributed by atoms with E-state index in [1.807, 2.05) is 6.07 Å². The number of benzene rings is 1. The predicted molar refractivity (Wildman–Crippen MR) is 60.8 cm³/mol. The van der Waals surface area contributed by atoms with Gasteiger partial charge in [0.2, 0.25) is 0 Å². The molecule has 1 rings (SSSR count). The fourth-order valence-corrected chi connectivity index (χ4v) is 1.25. The van der Waals surface area contributed by atoms with Gasteiger partial charge in [-0.2, -0.15) is 0 Å². The van der Waals surface area contributed by atoms with Crippen molar-refractivity contribution < 1.29 is 9.90 Å². The fourth-order valence-electron chi connectivity index (χ4n) is 1.25. The summed E-state index contributed by atoms with van der Waals surface area (Å²) in [6, 6.07) is 7.21. The highest BCUT2D eigenvalue weighted by Gasteiger charge is 1.99. The van der Waals surface area contributed by atoms with E-state index < -0.39 is 5.97 Å². The molecule has 0 radical (unpaired) electrons. The second kappa shape index (κ2) is 6.27. The average Bonchev–Trinajstić information content (AvgIpc) is 2.24. The quantitative estimate of drug-likeness (QED) is 0.467. The molecule has 1 aromatic carbocycles. The second-order valence-corrected chi connectivity index (χ2v) is 3.13. The highest BCUT2D eigenvalue weighted by atomic mass is 16.4. The van der Waals surface area contributed by atoms with Crippen molar-refractivity contribution in [2.45, 2.75) is 6.42 Å². The van der Waals surface area contributed by atoms with Crippen LogP contribution in [0.1, 0.15) is 11.1 Å². The third-order valence-corrected chi connectivity index (χ3v) is 1.87. The van der Waals surface area contributed by atoms with Gasteiger partial charge in [0.05, 0.1) is 6.42 Å². The monoisotopic (exact) mass is 217 g/mol. The van der Waals surface area contributed by atoms with Crippen molar-refractivity contribution in [3.05, 3.63) is 51.9 Å². The van der Waals surface area contributed by atoms with E-state index in [9.17, 15) is 4.79 Å². The summed E-state index contributed by atoms with van der Waals surface area (Å²) in [6.45, 7) is 0.291. The molecule has 0 spiro atoms. The van der Waals surface area contributed by atoms with Crippen LogP contribution in [0.4, 0.5) is 0 Å². The zero-order chi connectivity index (χ0) is 11.8. The molecular formula is C11H11N3O2. The highest BCUT2D eigenvalue weighted by molar-refractivity contribution is 5.70. The van der Waals surface area contributed by atoms with E-state index in [2.05, 4.69) is 10.0 Å². The van der Waals surface area contributed by atoms with Crippen LogP contribution in [0.5, 0.6) is 0 Å². The molecule has 0 saturated carbocycles. The number of carboxylic acid groups (broad SMARTS) is 1. The van der Waals surface area contributed by atoms with E-state index in [4.69, 9.17) is 10.6 Å². The third-order valence-electron chi connectivity index (χ3n) is 1.87. The summed E-state index contributed by atoms with van der Waals surface area (Å²) in [4.78, 5) is 13.1. The van der Waals surface area contributed by atoms with Crippen LogP contribution in [0, 0.1) is 0 Å². The molecule has 1 aromatic rings. The van der Waals surface area contributed by atoms with E-state index in [-0.39, 0.29) is 6.42 Å². The zero-order valence-electron chi connectivity index (χ0n) is 8.58. The molecule has 0 aliphatic carbocycles. The lowest BCUT2D eigenvalue weighted by molar-refractivity contribution is -0.136. The molecule has 0 fully saturated rings. The lowest BCUT2D eigenvalue weighted by Crippen LogP contribution is -1.99. The largest absolute Gasteiger partial charge is 0.481 e. The molecule has 1 N–H and O–H groups in total. The van der Waals surface area contributed by atoms with Crippen LogP contribution in [-0.2, 0) is 11.2 Å². The number of hydrogen-bond acceptors (Lipinski definition) is 2. The lowest BCUT2D eigenvalue weighted by Gasteiger charge is -1.98. The van der Waals surface area contributed by atoms with Crippen LogP contribution in [0.25, 0.3) is 16.5 Å². The van der Waals surface area contributed by atoms with Gasteiger partial charge >= 0.3 is 5.97 Å². The van der Waals surface area contributed by atoms with Crippen molar-refractivity contribution in [1.82, 2.24) is 0 Å². The fraction of sp³-hybridized carbons (Fsp3) is 0.182. The molecule has 0 amide bonds. The first kappa shape index (κ1) is 11.8. The van der Waals surface area contributed by atoms with Crippen molar-refractivity contribution >= 4 is 12.0 Å². The topological polar surface area (TPSA) is 86.1 Å². The van der Waals surface area contributed by atoms with Crippen LogP contribution in [0.2, 0.25) is 0 Å². The first-order valence-electron chi connectivity index (χ1n) is 4.70. The molecule has 0 atom stereocenters. The van der Waals surface area contributed by atoms with Crippen molar-refractivity contribution in [3.8, 4) is 0 Å². The standard InChI is InChI=1S/C11H11N3O2/c12-14-13-6-2-5-9-3-1-4-10(7-9)8-11(15)16/h1-5,7H,6,8H2,(H,15,16). The van der Waals surface area contributed by atoms with E-state index in [0.717, 1.165) is 11.1 Å². The minimum Gasteiger partial charge on any atom is -0.481 e. The van der Waals surface area contributed by atoms with Gasteiger partial charge in [0.1, 0.15) is 0 Å². The van der Waals surface area contributed by atoms with E-state index in [1.54, 1.807) is 30.4 Å². The molecule has 0 aromatic heterocycles. The molecule has 0 aliphatic heterocycles. The van der Waals surface area contributed by atoms with Gasteiger partial charge in [0, 0.05) is 11.5 Å².